The van der Waals surface area contributed by atoms with Crippen LogP contribution in [0.2, 0.25) is 0 Å². The predicted molar refractivity (Wildman–Crippen MR) is 274 cm³/mol. The minimum absolute atomic E-state index is 0.240. The first-order chi connectivity index (χ1) is 32.9. The van der Waals surface area contributed by atoms with E-state index in [1.165, 1.54) is 23.3 Å². The Kier molecular flexibility index (Phi) is 9.68. The van der Waals surface area contributed by atoms with E-state index < -0.39 is 0 Å². The summed E-state index contributed by atoms with van der Waals surface area (Å²) in [6.07, 6.45) is 5.44. The van der Waals surface area contributed by atoms with Gasteiger partial charge in [-0.2, -0.15) is 0 Å². The number of benzene rings is 9. The molecule has 0 bridgehead atoms. The number of aromatic nitrogens is 1. The molecule has 0 saturated carbocycles. The monoisotopic (exact) mass is 870 g/mol. The number of allylic oxidation sites excluding steroid dienone is 1. The van der Waals surface area contributed by atoms with Crippen LogP contribution in [0.4, 0.5) is 48.6 Å². The first-order valence-electron chi connectivity index (χ1n) is 22.7. The van der Waals surface area contributed by atoms with Gasteiger partial charge in [0.05, 0.1) is 16.6 Å². The molecule has 10 aromatic rings. The third-order valence-electron chi connectivity index (χ3n) is 13.5. The van der Waals surface area contributed by atoms with Crippen molar-refractivity contribution in [2.75, 3.05) is 14.7 Å². The molecule has 67 heavy (non-hydrogen) atoms. The normalized spacial score (nSPS) is 15.2. The lowest BCUT2D eigenvalue weighted by Gasteiger charge is -2.41. The molecule has 1 aromatic heterocycles. The van der Waals surface area contributed by atoms with Crippen LogP contribution in [0.1, 0.15) is 18.9 Å². The van der Waals surface area contributed by atoms with Crippen LogP contribution in [-0.4, -0.2) is 10.1 Å². The molecule has 0 N–H and O–H groups in total. The molecule has 1 aliphatic carbocycles. The molecule has 322 valence electrons. The van der Waals surface area contributed by atoms with E-state index in [-0.39, 0.29) is 17.2 Å². The third-order valence-corrected chi connectivity index (χ3v) is 13.5. The Morgan fingerprint density at radius 2 is 0.955 bits per heavy atom. The van der Waals surface area contributed by atoms with Crippen molar-refractivity contribution in [3.05, 3.63) is 260 Å². The molecule has 0 radical (unpaired) electrons. The lowest BCUT2D eigenvalue weighted by Crippen LogP contribution is -2.41. The van der Waals surface area contributed by atoms with Crippen molar-refractivity contribution in [3.63, 3.8) is 0 Å². The van der Waals surface area contributed by atoms with E-state index in [1.807, 2.05) is 36.4 Å². The fourth-order valence-electron chi connectivity index (χ4n) is 10.3. The molecular formula is C61H44F2N4. The summed E-state index contributed by atoms with van der Waals surface area (Å²) < 4.78 is 30.3. The van der Waals surface area contributed by atoms with Gasteiger partial charge in [-0.3, -0.25) is 0 Å². The molecule has 0 amide bonds. The molecule has 9 aromatic carbocycles. The molecule has 0 spiro atoms. The zero-order chi connectivity index (χ0) is 45.1. The van der Waals surface area contributed by atoms with Crippen molar-refractivity contribution >= 4 is 67.2 Å². The Balaban J connectivity index is 0.878. The van der Waals surface area contributed by atoms with E-state index >= 15 is 0 Å². The number of hydrogen-bond donors (Lipinski definition) is 0. The Hall–Kier alpha value is -8.48. The third kappa shape index (κ3) is 6.88. The van der Waals surface area contributed by atoms with Gasteiger partial charge in [-0.15, -0.1) is 0 Å². The van der Waals surface area contributed by atoms with Crippen LogP contribution in [0.25, 0.3) is 44.2 Å². The second kappa shape index (κ2) is 16.2. The summed E-state index contributed by atoms with van der Waals surface area (Å²) in [6, 6.07) is 75.8. The first kappa shape index (κ1) is 40.1. The molecule has 2 heterocycles. The maximum atomic E-state index is 14.1. The highest BCUT2D eigenvalue weighted by atomic mass is 19.1. The summed E-state index contributed by atoms with van der Waals surface area (Å²) in [4.78, 5) is 7.00. The van der Waals surface area contributed by atoms with Gasteiger partial charge in [0.25, 0.3) is 0 Å². The summed E-state index contributed by atoms with van der Waals surface area (Å²) in [6.45, 7) is 2.29. The SMILES string of the molecule is CC12CC=C(N(c3ccccc3)c3ccc(-c4ccc(N(c5ccccc5)c5ccc6c(c5)c5ccccc5n6-c5ccc(F)cc5)cc4)cc3)C=C1c1ccccc1N2c1ccc(F)cc1. The minimum atomic E-state index is -0.349. The standard InChI is InChI=1S/C61H44F2N4/c1-61-39-38-53(41-57(61)55-17-9-11-19-60(55)67(61)51-34-26-45(63)27-35-51)65(47-14-6-3-7-15-47)49-30-22-43(23-31-49)42-20-28-48(29-21-42)64(46-12-4-2-5-13-46)52-36-37-59-56(40-52)54-16-8-10-18-58(54)66(59)50-32-24-44(62)25-33-50/h2-38,40-41H,39H2,1H3. The molecule has 1 aliphatic heterocycles. The average molecular weight is 871 g/mol. The summed E-state index contributed by atoms with van der Waals surface area (Å²) >= 11 is 0. The molecule has 0 fully saturated rings. The number of halogens is 2. The van der Waals surface area contributed by atoms with Gasteiger partial charge in [-0.25, -0.2) is 8.78 Å². The van der Waals surface area contributed by atoms with E-state index in [1.54, 1.807) is 12.1 Å². The summed E-state index contributed by atoms with van der Waals surface area (Å²) in [5, 5.41) is 2.25. The maximum absolute atomic E-state index is 14.1. The van der Waals surface area contributed by atoms with Gasteiger partial charge in [-0.05, 0) is 164 Å². The lowest BCUT2D eigenvalue weighted by atomic mass is 9.82. The van der Waals surface area contributed by atoms with Crippen molar-refractivity contribution in [1.82, 2.24) is 4.57 Å². The quantitative estimate of drug-likeness (QED) is 0.144. The van der Waals surface area contributed by atoms with Crippen LogP contribution in [0.3, 0.4) is 0 Å². The molecule has 2 aliphatic rings. The first-order valence-corrected chi connectivity index (χ1v) is 22.7. The maximum Gasteiger partial charge on any atom is 0.123 e. The summed E-state index contributed by atoms with van der Waals surface area (Å²) in [5.41, 5.74) is 15.8. The summed E-state index contributed by atoms with van der Waals surface area (Å²) in [7, 11) is 0. The fourth-order valence-corrected chi connectivity index (χ4v) is 10.3. The van der Waals surface area contributed by atoms with Crippen molar-refractivity contribution in [3.8, 4) is 16.8 Å². The molecular weight excluding hydrogens is 827 g/mol. The van der Waals surface area contributed by atoms with Gasteiger partial charge >= 0.3 is 0 Å². The van der Waals surface area contributed by atoms with Crippen LogP contribution in [0.15, 0.2) is 242 Å². The van der Waals surface area contributed by atoms with Crippen molar-refractivity contribution in [2.24, 2.45) is 0 Å². The largest absolute Gasteiger partial charge is 0.331 e. The van der Waals surface area contributed by atoms with Gasteiger partial charge < -0.3 is 19.3 Å². The van der Waals surface area contributed by atoms with Gasteiger partial charge in [0.1, 0.15) is 11.6 Å². The second-order valence-electron chi connectivity index (χ2n) is 17.5. The lowest BCUT2D eigenvalue weighted by molar-refractivity contribution is 0.600. The van der Waals surface area contributed by atoms with E-state index in [0.29, 0.717) is 0 Å². The van der Waals surface area contributed by atoms with E-state index in [4.69, 9.17) is 0 Å². The van der Waals surface area contributed by atoms with Gasteiger partial charge in [0, 0.05) is 67.5 Å². The molecule has 12 rings (SSSR count). The van der Waals surface area contributed by atoms with E-state index in [9.17, 15) is 8.78 Å². The predicted octanol–water partition coefficient (Wildman–Crippen LogP) is 16.6. The van der Waals surface area contributed by atoms with Crippen LogP contribution < -0.4 is 14.7 Å². The van der Waals surface area contributed by atoms with Crippen LogP contribution in [0.5, 0.6) is 0 Å². The zero-order valence-electron chi connectivity index (χ0n) is 36.8. The number of nitrogens with zero attached hydrogens (tertiary/aromatic N) is 4. The Morgan fingerprint density at radius 3 is 1.61 bits per heavy atom. The number of rotatable bonds is 9. The van der Waals surface area contributed by atoms with Gasteiger partial charge in [0.2, 0.25) is 0 Å². The minimum Gasteiger partial charge on any atom is -0.331 e. The average Bonchev–Trinajstić information content (AvgIpc) is 3.84. The second-order valence-corrected chi connectivity index (χ2v) is 17.5. The Bertz CT molecular complexity index is 3510. The number of hydrogen-bond acceptors (Lipinski definition) is 3. The van der Waals surface area contributed by atoms with Crippen molar-refractivity contribution < 1.29 is 8.78 Å². The van der Waals surface area contributed by atoms with Crippen LogP contribution >= 0.6 is 0 Å². The van der Waals surface area contributed by atoms with E-state index in [0.717, 1.165) is 90.5 Å². The topological polar surface area (TPSA) is 14.7 Å². The molecule has 4 nitrogen and oxygen atoms in total. The van der Waals surface area contributed by atoms with Gasteiger partial charge in [0.15, 0.2) is 0 Å². The highest BCUT2D eigenvalue weighted by molar-refractivity contribution is 6.10. The Labute approximate surface area is 388 Å². The number of fused-ring (bicyclic) bond motifs is 6. The van der Waals surface area contributed by atoms with Gasteiger partial charge in [-0.1, -0.05) is 103 Å². The van der Waals surface area contributed by atoms with Crippen molar-refractivity contribution in [1.29, 1.82) is 0 Å². The number of anilines is 7. The highest BCUT2D eigenvalue weighted by Crippen LogP contribution is 2.55. The van der Waals surface area contributed by atoms with E-state index in [2.05, 4.69) is 202 Å². The summed E-state index contributed by atoms with van der Waals surface area (Å²) in [5.74, 6) is -0.494. The highest BCUT2D eigenvalue weighted by Gasteiger charge is 2.46. The van der Waals surface area contributed by atoms with Crippen LogP contribution in [0, 0.1) is 11.6 Å². The fraction of sp³-hybridized carbons (Fsp3) is 0.0492. The smallest absolute Gasteiger partial charge is 0.123 e. The molecule has 1 atom stereocenters. The van der Waals surface area contributed by atoms with Crippen LogP contribution in [-0.2, 0) is 0 Å². The zero-order valence-corrected chi connectivity index (χ0v) is 36.8. The van der Waals surface area contributed by atoms with Crippen molar-refractivity contribution in [2.45, 2.75) is 18.9 Å². The molecule has 6 heteroatoms. The Morgan fingerprint density at radius 1 is 0.448 bits per heavy atom. The molecule has 1 unspecified atom stereocenters. The molecule has 0 saturated heterocycles. The number of para-hydroxylation sites is 4.